The summed E-state index contributed by atoms with van der Waals surface area (Å²) in [7, 11) is 0. The number of carbonyl (C=O) groups excluding carboxylic acids is 1. The first-order valence-electron chi connectivity index (χ1n) is 7.20. The zero-order valence-corrected chi connectivity index (χ0v) is 13.2. The highest BCUT2D eigenvalue weighted by molar-refractivity contribution is 5.73. The van der Waals surface area contributed by atoms with E-state index < -0.39 is 5.60 Å². The van der Waals surface area contributed by atoms with E-state index in [1.807, 2.05) is 0 Å². The monoisotopic (exact) mass is 298 g/mol. The minimum atomic E-state index is -1.24. The van der Waals surface area contributed by atoms with E-state index in [1.54, 1.807) is 26.0 Å². The number of furan rings is 1. The molecular formula is C15H26N2O4. The van der Waals surface area contributed by atoms with Crippen molar-refractivity contribution in [3.63, 3.8) is 0 Å². The van der Waals surface area contributed by atoms with Crippen molar-refractivity contribution in [2.75, 3.05) is 26.3 Å². The van der Waals surface area contributed by atoms with Gasteiger partial charge < -0.3 is 24.9 Å². The summed E-state index contributed by atoms with van der Waals surface area (Å²) < 4.78 is 10.7. The lowest BCUT2D eigenvalue weighted by Gasteiger charge is -2.21. The van der Waals surface area contributed by atoms with Gasteiger partial charge in [0.15, 0.2) is 0 Å². The van der Waals surface area contributed by atoms with E-state index in [1.165, 1.54) is 0 Å². The summed E-state index contributed by atoms with van der Waals surface area (Å²) in [6, 6.07) is 3.14. The van der Waals surface area contributed by atoms with Gasteiger partial charge >= 0.3 is 6.03 Å². The van der Waals surface area contributed by atoms with E-state index in [9.17, 15) is 9.90 Å². The van der Waals surface area contributed by atoms with Crippen LogP contribution in [0.1, 0.15) is 32.3 Å². The van der Waals surface area contributed by atoms with Gasteiger partial charge in [-0.3, -0.25) is 0 Å². The van der Waals surface area contributed by atoms with E-state index in [2.05, 4.69) is 24.5 Å². The molecule has 0 saturated carbocycles. The average molecular weight is 298 g/mol. The van der Waals surface area contributed by atoms with Gasteiger partial charge in [0.2, 0.25) is 0 Å². The maximum Gasteiger partial charge on any atom is 0.314 e. The molecule has 120 valence electrons. The SMILES string of the molecule is Cc1ccc(C(C)(O)CNC(=O)NCCOCC(C)C)o1. The second-order valence-electron chi connectivity index (χ2n) is 5.76. The number of carbonyl (C=O) groups is 1. The number of aliphatic hydroxyl groups is 1. The molecule has 0 aliphatic carbocycles. The average Bonchev–Trinajstić information content (AvgIpc) is 2.83. The van der Waals surface area contributed by atoms with Gasteiger partial charge in [-0.05, 0) is 31.9 Å². The Morgan fingerprint density at radius 1 is 1.43 bits per heavy atom. The van der Waals surface area contributed by atoms with Crippen LogP contribution in [-0.2, 0) is 10.3 Å². The second-order valence-corrected chi connectivity index (χ2v) is 5.76. The van der Waals surface area contributed by atoms with Crippen LogP contribution in [0.3, 0.4) is 0 Å². The minimum Gasteiger partial charge on any atom is -0.463 e. The van der Waals surface area contributed by atoms with Crippen LogP contribution >= 0.6 is 0 Å². The van der Waals surface area contributed by atoms with Gasteiger partial charge in [0, 0.05) is 13.2 Å². The number of hydrogen-bond donors (Lipinski definition) is 3. The fourth-order valence-corrected chi connectivity index (χ4v) is 1.68. The van der Waals surface area contributed by atoms with Crippen molar-refractivity contribution < 1.29 is 19.1 Å². The van der Waals surface area contributed by atoms with Crippen LogP contribution in [0.25, 0.3) is 0 Å². The zero-order valence-electron chi connectivity index (χ0n) is 13.2. The summed E-state index contributed by atoms with van der Waals surface area (Å²) in [5.74, 6) is 1.63. The van der Waals surface area contributed by atoms with Crippen LogP contribution in [0.15, 0.2) is 16.5 Å². The predicted molar refractivity (Wildman–Crippen MR) is 80.1 cm³/mol. The maximum absolute atomic E-state index is 11.6. The Labute approximate surface area is 125 Å². The first kappa shape index (κ1) is 17.5. The summed E-state index contributed by atoms with van der Waals surface area (Å²) in [5.41, 5.74) is -1.24. The van der Waals surface area contributed by atoms with E-state index in [4.69, 9.17) is 9.15 Å². The van der Waals surface area contributed by atoms with E-state index >= 15 is 0 Å². The molecule has 1 aromatic heterocycles. The van der Waals surface area contributed by atoms with Crippen LogP contribution in [0, 0.1) is 12.8 Å². The summed E-state index contributed by atoms with van der Waals surface area (Å²) >= 11 is 0. The van der Waals surface area contributed by atoms with Crippen LogP contribution in [-0.4, -0.2) is 37.4 Å². The Hall–Kier alpha value is -1.53. The third-order valence-corrected chi connectivity index (χ3v) is 2.85. The Morgan fingerprint density at radius 3 is 2.71 bits per heavy atom. The molecular weight excluding hydrogens is 272 g/mol. The molecule has 1 atom stereocenters. The summed E-state index contributed by atoms with van der Waals surface area (Å²) in [4.78, 5) is 11.6. The van der Waals surface area contributed by atoms with Crippen LogP contribution < -0.4 is 10.6 Å². The molecule has 0 aliphatic rings. The topological polar surface area (TPSA) is 83.7 Å². The molecule has 6 nitrogen and oxygen atoms in total. The highest BCUT2D eigenvalue weighted by Gasteiger charge is 2.27. The van der Waals surface area contributed by atoms with Crippen molar-refractivity contribution in [1.29, 1.82) is 0 Å². The lowest BCUT2D eigenvalue weighted by molar-refractivity contribution is 0.0358. The van der Waals surface area contributed by atoms with E-state index in [0.717, 1.165) is 5.76 Å². The third-order valence-electron chi connectivity index (χ3n) is 2.85. The Morgan fingerprint density at radius 2 is 2.14 bits per heavy atom. The molecule has 6 heteroatoms. The fourth-order valence-electron chi connectivity index (χ4n) is 1.68. The van der Waals surface area contributed by atoms with Crippen LogP contribution in [0.5, 0.6) is 0 Å². The molecule has 0 aromatic carbocycles. The van der Waals surface area contributed by atoms with E-state index in [-0.39, 0.29) is 12.6 Å². The molecule has 3 N–H and O–H groups in total. The van der Waals surface area contributed by atoms with Crippen molar-refractivity contribution in [3.05, 3.63) is 23.7 Å². The molecule has 0 aliphatic heterocycles. The molecule has 0 spiro atoms. The van der Waals surface area contributed by atoms with Gasteiger partial charge in [-0.15, -0.1) is 0 Å². The fraction of sp³-hybridized carbons (Fsp3) is 0.667. The summed E-state index contributed by atoms with van der Waals surface area (Å²) in [6.45, 7) is 9.18. The highest BCUT2D eigenvalue weighted by Crippen LogP contribution is 2.21. The molecule has 0 saturated heterocycles. The molecule has 0 bridgehead atoms. The van der Waals surface area contributed by atoms with Gasteiger partial charge in [0.25, 0.3) is 0 Å². The Bertz CT molecular complexity index is 441. The molecule has 1 aromatic rings. The van der Waals surface area contributed by atoms with Gasteiger partial charge in [0.05, 0.1) is 13.2 Å². The molecule has 21 heavy (non-hydrogen) atoms. The predicted octanol–water partition coefficient (Wildman–Crippen LogP) is 1.77. The quantitative estimate of drug-likeness (QED) is 0.639. The molecule has 1 rings (SSSR count). The zero-order chi connectivity index (χ0) is 15.9. The maximum atomic E-state index is 11.6. The highest BCUT2D eigenvalue weighted by atomic mass is 16.5. The van der Waals surface area contributed by atoms with Crippen molar-refractivity contribution in [2.24, 2.45) is 5.92 Å². The van der Waals surface area contributed by atoms with Gasteiger partial charge in [-0.2, -0.15) is 0 Å². The number of aryl methyl sites for hydroxylation is 1. The lowest BCUT2D eigenvalue weighted by Crippen LogP contribution is -2.44. The molecule has 1 heterocycles. The summed E-state index contributed by atoms with van der Waals surface area (Å²) in [5, 5.41) is 15.5. The Kier molecular flexibility index (Phi) is 6.71. The number of hydrogen-bond acceptors (Lipinski definition) is 4. The van der Waals surface area contributed by atoms with E-state index in [0.29, 0.717) is 31.4 Å². The largest absolute Gasteiger partial charge is 0.463 e. The molecule has 2 amide bonds. The number of rotatable bonds is 8. The first-order chi connectivity index (χ1) is 9.81. The van der Waals surface area contributed by atoms with Gasteiger partial charge in [-0.1, -0.05) is 13.8 Å². The Balaban J connectivity index is 2.23. The number of ether oxygens (including phenoxy) is 1. The number of nitrogens with one attached hydrogen (secondary N) is 2. The van der Waals surface area contributed by atoms with Gasteiger partial charge in [-0.25, -0.2) is 4.79 Å². The lowest BCUT2D eigenvalue weighted by atomic mass is 10.0. The third kappa shape index (κ3) is 6.64. The number of urea groups is 1. The van der Waals surface area contributed by atoms with Crippen molar-refractivity contribution >= 4 is 6.03 Å². The van der Waals surface area contributed by atoms with Crippen LogP contribution in [0.4, 0.5) is 4.79 Å². The number of amides is 2. The van der Waals surface area contributed by atoms with Gasteiger partial charge in [0.1, 0.15) is 17.1 Å². The standard InChI is InChI=1S/C15H26N2O4/c1-11(2)9-20-8-7-16-14(18)17-10-15(4,19)13-6-5-12(3)21-13/h5-6,11,19H,7-10H2,1-4H3,(H2,16,17,18). The van der Waals surface area contributed by atoms with Crippen LogP contribution in [0.2, 0.25) is 0 Å². The minimum absolute atomic E-state index is 0.0681. The van der Waals surface area contributed by atoms with Crippen molar-refractivity contribution in [3.8, 4) is 0 Å². The summed E-state index contributed by atoms with van der Waals surface area (Å²) in [6.07, 6.45) is 0. The smallest absolute Gasteiger partial charge is 0.314 e. The molecule has 0 radical (unpaired) electrons. The van der Waals surface area contributed by atoms with Crippen molar-refractivity contribution in [2.45, 2.75) is 33.3 Å². The normalized spacial score (nSPS) is 14.0. The van der Waals surface area contributed by atoms with Crippen molar-refractivity contribution in [1.82, 2.24) is 10.6 Å². The second kappa shape index (κ2) is 8.05. The first-order valence-corrected chi connectivity index (χ1v) is 7.20. The molecule has 1 unspecified atom stereocenters. The molecule has 0 fully saturated rings.